The van der Waals surface area contributed by atoms with E-state index in [2.05, 4.69) is 0 Å². The van der Waals surface area contributed by atoms with Gasteiger partial charge in [0.05, 0.1) is 20.3 Å². The summed E-state index contributed by atoms with van der Waals surface area (Å²) in [5.74, 6) is 0.941. The molecule has 8 nitrogen and oxygen atoms in total. The average molecular weight is 360 g/mol. The molecule has 1 aromatic heterocycles. The molecule has 0 aliphatic rings. The molecule has 1 amide bonds. The highest BCUT2D eigenvalue weighted by Gasteiger charge is 2.11. The maximum Gasteiger partial charge on any atom is 0.433 e. The molecule has 0 radical (unpaired) electrons. The van der Waals surface area contributed by atoms with E-state index in [-0.39, 0.29) is 17.6 Å². The fourth-order valence-electron chi connectivity index (χ4n) is 2.25. The van der Waals surface area contributed by atoms with Crippen LogP contribution in [0.3, 0.4) is 0 Å². The lowest BCUT2D eigenvalue weighted by molar-refractivity contribution is -0.402. The van der Waals surface area contributed by atoms with Crippen LogP contribution < -0.4 is 9.47 Å². The highest BCUT2D eigenvalue weighted by molar-refractivity contribution is 5.91. The molecular formula is C18H20N2O6. The Kier molecular flexibility index (Phi) is 6.37. The second kappa shape index (κ2) is 8.70. The number of amides is 1. The van der Waals surface area contributed by atoms with Gasteiger partial charge in [0.2, 0.25) is 5.91 Å². The van der Waals surface area contributed by atoms with Crippen molar-refractivity contribution in [2.75, 3.05) is 27.8 Å². The predicted molar refractivity (Wildman–Crippen MR) is 95.3 cm³/mol. The van der Waals surface area contributed by atoms with E-state index in [1.54, 1.807) is 26.2 Å². The van der Waals surface area contributed by atoms with Crippen LogP contribution in [0.25, 0.3) is 6.08 Å². The van der Waals surface area contributed by atoms with Gasteiger partial charge in [-0.1, -0.05) is 6.07 Å². The fraction of sp³-hybridized carbons (Fsp3) is 0.278. The molecule has 0 saturated heterocycles. The van der Waals surface area contributed by atoms with E-state index in [9.17, 15) is 14.9 Å². The van der Waals surface area contributed by atoms with Crippen LogP contribution in [-0.4, -0.2) is 43.5 Å². The molecule has 138 valence electrons. The Bertz CT molecular complexity index is 812. The third-order valence-corrected chi connectivity index (χ3v) is 3.74. The molecule has 1 aromatic carbocycles. The van der Waals surface area contributed by atoms with E-state index in [0.717, 1.165) is 5.56 Å². The zero-order valence-electron chi connectivity index (χ0n) is 14.8. The maximum atomic E-state index is 12.1. The number of ether oxygens (including phenoxy) is 2. The van der Waals surface area contributed by atoms with Crippen molar-refractivity contribution in [2.24, 2.45) is 0 Å². The van der Waals surface area contributed by atoms with Crippen molar-refractivity contribution in [2.45, 2.75) is 6.42 Å². The van der Waals surface area contributed by atoms with Crippen LogP contribution in [0.15, 0.2) is 40.8 Å². The smallest absolute Gasteiger partial charge is 0.433 e. The Morgan fingerprint density at radius 2 is 1.96 bits per heavy atom. The standard InChI is InChI=1S/C18H20N2O6/c1-19(11-10-13-4-7-15(24-2)16(12-13)25-3)17(21)8-5-14-6-9-18(26-14)20(22)23/h4-9,12H,10-11H2,1-3H3/b8-5+. The van der Waals surface area contributed by atoms with Gasteiger partial charge in [-0.15, -0.1) is 0 Å². The Morgan fingerprint density at radius 1 is 1.23 bits per heavy atom. The largest absolute Gasteiger partial charge is 0.493 e. The van der Waals surface area contributed by atoms with Gasteiger partial charge >= 0.3 is 5.88 Å². The second-order valence-corrected chi connectivity index (χ2v) is 5.47. The number of rotatable bonds is 8. The lowest BCUT2D eigenvalue weighted by Crippen LogP contribution is -2.27. The molecule has 2 rings (SSSR count). The van der Waals surface area contributed by atoms with Crippen molar-refractivity contribution in [3.05, 3.63) is 57.8 Å². The molecular weight excluding hydrogens is 340 g/mol. The number of nitrogens with zero attached hydrogens (tertiary/aromatic N) is 2. The van der Waals surface area contributed by atoms with E-state index in [1.165, 1.54) is 24.3 Å². The number of hydrogen-bond acceptors (Lipinski definition) is 6. The Labute approximate surface area is 150 Å². The Hall–Kier alpha value is -3.29. The first-order chi connectivity index (χ1) is 12.4. The molecule has 0 saturated carbocycles. The molecule has 8 heteroatoms. The quantitative estimate of drug-likeness (QED) is 0.408. The third kappa shape index (κ3) is 4.85. The summed E-state index contributed by atoms with van der Waals surface area (Å²) < 4.78 is 15.4. The van der Waals surface area contributed by atoms with Gasteiger partial charge in [-0.3, -0.25) is 14.9 Å². The molecule has 0 aliphatic carbocycles. The topological polar surface area (TPSA) is 95.0 Å². The molecule has 0 atom stereocenters. The maximum absolute atomic E-state index is 12.1. The Morgan fingerprint density at radius 3 is 2.58 bits per heavy atom. The number of benzene rings is 1. The van der Waals surface area contributed by atoms with Gasteiger partial charge in [0.25, 0.3) is 0 Å². The zero-order chi connectivity index (χ0) is 19.1. The van der Waals surface area contributed by atoms with E-state index < -0.39 is 4.92 Å². The van der Waals surface area contributed by atoms with E-state index in [1.807, 2.05) is 18.2 Å². The summed E-state index contributed by atoms with van der Waals surface area (Å²) in [5, 5.41) is 10.6. The first kappa shape index (κ1) is 19.0. The second-order valence-electron chi connectivity index (χ2n) is 5.47. The number of hydrogen-bond donors (Lipinski definition) is 0. The zero-order valence-corrected chi connectivity index (χ0v) is 14.8. The minimum Gasteiger partial charge on any atom is -0.493 e. The lowest BCUT2D eigenvalue weighted by Gasteiger charge is -2.15. The number of nitro groups is 1. The van der Waals surface area contributed by atoms with Crippen LogP contribution in [0.4, 0.5) is 5.88 Å². The van der Waals surface area contributed by atoms with E-state index in [0.29, 0.717) is 24.5 Å². The van der Waals surface area contributed by atoms with Crippen molar-refractivity contribution in [3.8, 4) is 11.5 Å². The van der Waals surface area contributed by atoms with Crippen LogP contribution >= 0.6 is 0 Å². The van der Waals surface area contributed by atoms with Gasteiger partial charge in [-0.2, -0.15) is 0 Å². The van der Waals surface area contributed by atoms with Crippen molar-refractivity contribution in [3.63, 3.8) is 0 Å². The number of carbonyl (C=O) groups excluding carboxylic acids is 1. The van der Waals surface area contributed by atoms with E-state index >= 15 is 0 Å². The molecule has 0 aliphatic heterocycles. The SMILES string of the molecule is COc1ccc(CCN(C)C(=O)/C=C/c2ccc([N+](=O)[O-])o2)cc1OC. The van der Waals surface area contributed by atoms with Crippen LogP contribution in [0.1, 0.15) is 11.3 Å². The first-order valence-corrected chi connectivity index (χ1v) is 7.83. The summed E-state index contributed by atoms with van der Waals surface area (Å²) in [5.41, 5.74) is 1.01. The molecule has 1 heterocycles. The summed E-state index contributed by atoms with van der Waals surface area (Å²) in [6.45, 7) is 0.497. The molecule has 0 N–H and O–H groups in total. The van der Waals surface area contributed by atoms with Gasteiger partial charge in [-0.25, -0.2) is 0 Å². The van der Waals surface area contributed by atoms with Gasteiger partial charge in [0.15, 0.2) is 11.5 Å². The minimum atomic E-state index is -0.631. The summed E-state index contributed by atoms with van der Waals surface area (Å²) >= 11 is 0. The van der Waals surface area contributed by atoms with Gasteiger partial charge in [0.1, 0.15) is 10.7 Å². The van der Waals surface area contributed by atoms with Gasteiger partial charge in [0, 0.05) is 19.7 Å². The normalized spacial score (nSPS) is 10.7. The third-order valence-electron chi connectivity index (χ3n) is 3.74. The first-order valence-electron chi connectivity index (χ1n) is 7.83. The molecule has 0 bridgehead atoms. The fourth-order valence-corrected chi connectivity index (χ4v) is 2.25. The van der Waals surface area contributed by atoms with Crippen molar-refractivity contribution in [1.29, 1.82) is 0 Å². The predicted octanol–water partition coefficient (Wildman–Crippen LogP) is 2.92. The molecule has 2 aromatic rings. The Balaban J connectivity index is 1.92. The van der Waals surface area contributed by atoms with Crippen LogP contribution in [0, 0.1) is 10.1 Å². The number of carbonyl (C=O) groups is 1. The summed E-state index contributed by atoms with van der Waals surface area (Å²) in [6, 6.07) is 8.28. The summed E-state index contributed by atoms with van der Waals surface area (Å²) in [4.78, 5) is 23.6. The molecule has 0 unspecified atom stereocenters. The molecule has 0 spiro atoms. The summed E-state index contributed by atoms with van der Waals surface area (Å²) in [6.07, 6.45) is 3.36. The highest BCUT2D eigenvalue weighted by Crippen LogP contribution is 2.27. The van der Waals surface area contributed by atoms with Gasteiger partial charge in [-0.05, 0) is 36.3 Å². The lowest BCUT2D eigenvalue weighted by atomic mass is 10.1. The van der Waals surface area contributed by atoms with Gasteiger partial charge < -0.3 is 18.8 Å². The number of likely N-dealkylation sites (N-methyl/N-ethyl adjacent to an activating group) is 1. The van der Waals surface area contributed by atoms with E-state index in [4.69, 9.17) is 13.9 Å². The van der Waals surface area contributed by atoms with Crippen molar-refractivity contribution < 1.29 is 23.6 Å². The molecule has 0 fully saturated rings. The summed E-state index contributed by atoms with van der Waals surface area (Å²) in [7, 11) is 4.82. The number of methoxy groups -OCH3 is 2. The van der Waals surface area contributed by atoms with Crippen LogP contribution in [0.2, 0.25) is 0 Å². The van der Waals surface area contributed by atoms with Crippen molar-refractivity contribution >= 4 is 17.9 Å². The highest BCUT2D eigenvalue weighted by atomic mass is 16.6. The minimum absolute atomic E-state index is 0.232. The van der Waals surface area contributed by atoms with Crippen molar-refractivity contribution in [1.82, 2.24) is 4.90 Å². The monoisotopic (exact) mass is 360 g/mol. The average Bonchev–Trinajstić information content (AvgIpc) is 3.13. The molecule has 26 heavy (non-hydrogen) atoms. The number of furan rings is 1. The van der Waals surface area contributed by atoms with Crippen LogP contribution in [0.5, 0.6) is 11.5 Å². The van der Waals surface area contributed by atoms with Crippen LogP contribution in [-0.2, 0) is 11.2 Å².